The molecular weight excluding hydrogens is 254 g/mol. The van der Waals surface area contributed by atoms with Crippen molar-refractivity contribution in [3.63, 3.8) is 0 Å². The molecule has 0 saturated heterocycles. The van der Waals surface area contributed by atoms with E-state index < -0.39 is 0 Å². The molecule has 1 aromatic carbocycles. The van der Waals surface area contributed by atoms with Crippen molar-refractivity contribution in [1.82, 2.24) is 4.98 Å². The Morgan fingerprint density at radius 3 is 2.65 bits per heavy atom. The number of hydrogen-bond acceptors (Lipinski definition) is 2. The predicted octanol–water partition coefficient (Wildman–Crippen LogP) is 3.91. The molecule has 4 heteroatoms. The van der Waals surface area contributed by atoms with Crippen LogP contribution in [0, 0.1) is 0 Å². The van der Waals surface area contributed by atoms with Crippen molar-refractivity contribution in [3.05, 3.63) is 57.2 Å². The van der Waals surface area contributed by atoms with Crippen LogP contribution in [0.15, 0.2) is 47.3 Å². The average Bonchev–Trinajstić information content (AvgIpc) is 2.71. The third-order valence-electron chi connectivity index (χ3n) is 2.58. The number of pyridine rings is 1. The van der Waals surface area contributed by atoms with Crippen LogP contribution < -0.4 is 5.56 Å². The molecule has 3 aromatic rings. The van der Waals surface area contributed by atoms with Gasteiger partial charge in [0.2, 0.25) is 0 Å². The van der Waals surface area contributed by atoms with Crippen LogP contribution in [0.2, 0.25) is 4.34 Å². The molecule has 0 amide bonds. The predicted molar refractivity (Wildman–Crippen MR) is 72.9 cm³/mol. The maximum Gasteiger partial charge on any atom is 0.257 e. The minimum Gasteiger partial charge on any atom is -0.321 e. The topological polar surface area (TPSA) is 32.9 Å². The molecular formula is C13H8ClNOS. The Balaban J connectivity index is 2.29. The molecule has 1 N–H and O–H groups in total. The fourth-order valence-electron chi connectivity index (χ4n) is 1.79. The van der Waals surface area contributed by atoms with E-state index in [1.807, 2.05) is 36.4 Å². The normalized spacial score (nSPS) is 10.9. The van der Waals surface area contributed by atoms with Crippen molar-refractivity contribution in [3.8, 4) is 11.3 Å². The van der Waals surface area contributed by atoms with E-state index in [2.05, 4.69) is 4.98 Å². The summed E-state index contributed by atoms with van der Waals surface area (Å²) >= 11 is 7.34. The Morgan fingerprint density at radius 1 is 1.12 bits per heavy atom. The van der Waals surface area contributed by atoms with Gasteiger partial charge in [0.05, 0.1) is 9.72 Å². The van der Waals surface area contributed by atoms with Crippen molar-refractivity contribution < 1.29 is 0 Å². The number of halogens is 1. The van der Waals surface area contributed by atoms with E-state index in [9.17, 15) is 4.79 Å². The summed E-state index contributed by atoms with van der Waals surface area (Å²) in [5, 5.41) is 0.652. The molecule has 0 aliphatic heterocycles. The van der Waals surface area contributed by atoms with Crippen LogP contribution in [-0.4, -0.2) is 4.98 Å². The van der Waals surface area contributed by atoms with Gasteiger partial charge in [-0.15, -0.1) is 11.3 Å². The van der Waals surface area contributed by atoms with Gasteiger partial charge in [0.15, 0.2) is 0 Å². The van der Waals surface area contributed by atoms with Crippen LogP contribution in [0.5, 0.6) is 0 Å². The van der Waals surface area contributed by atoms with E-state index >= 15 is 0 Å². The molecule has 0 spiro atoms. The van der Waals surface area contributed by atoms with Gasteiger partial charge < -0.3 is 4.98 Å². The summed E-state index contributed by atoms with van der Waals surface area (Å²) in [5.41, 5.74) is 1.72. The number of nitrogens with one attached hydrogen (secondary N) is 1. The second-order valence-corrected chi connectivity index (χ2v) is 5.42. The van der Waals surface area contributed by atoms with Crippen LogP contribution in [0.3, 0.4) is 0 Å². The molecule has 2 nitrogen and oxygen atoms in total. The number of thiophene rings is 1. The smallest absolute Gasteiger partial charge is 0.257 e. The lowest BCUT2D eigenvalue weighted by Crippen LogP contribution is -2.05. The average molecular weight is 262 g/mol. The van der Waals surface area contributed by atoms with E-state index in [0.717, 1.165) is 16.0 Å². The first-order valence-corrected chi connectivity index (χ1v) is 6.31. The van der Waals surface area contributed by atoms with Gasteiger partial charge in [-0.3, -0.25) is 4.79 Å². The fourth-order valence-corrected chi connectivity index (χ4v) is 2.97. The Morgan fingerprint density at radius 2 is 1.88 bits per heavy atom. The first-order valence-electron chi connectivity index (χ1n) is 5.12. The van der Waals surface area contributed by atoms with Gasteiger partial charge in [-0.2, -0.15) is 0 Å². The number of rotatable bonds is 1. The number of H-pyrrole nitrogens is 1. The highest BCUT2D eigenvalue weighted by Gasteiger charge is 2.07. The summed E-state index contributed by atoms with van der Waals surface area (Å²) in [7, 11) is 0. The quantitative estimate of drug-likeness (QED) is 0.708. The van der Waals surface area contributed by atoms with Crippen LogP contribution >= 0.6 is 22.9 Å². The van der Waals surface area contributed by atoms with Gasteiger partial charge in [-0.05, 0) is 17.7 Å². The maximum absolute atomic E-state index is 11.9. The highest BCUT2D eigenvalue weighted by atomic mass is 35.5. The van der Waals surface area contributed by atoms with Crippen LogP contribution in [-0.2, 0) is 0 Å². The zero-order valence-electron chi connectivity index (χ0n) is 8.74. The monoisotopic (exact) mass is 261 g/mol. The minimum absolute atomic E-state index is 0.0931. The molecule has 84 valence electrons. The standard InChI is InChI=1S/C13H8ClNOS/c14-12-6-9-11(17-12)7-10(15-13(9)16)8-4-2-1-3-5-8/h1-7H,(H,15,16). The summed E-state index contributed by atoms with van der Waals surface area (Å²) in [4.78, 5) is 14.8. The molecule has 2 aromatic heterocycles. The summed E-state index contributed by atoms with van der Waals surface area (Å²) in [6, 6.07) is 13.4. The number of fused-ring (bicyclic) bond motifs is 1. The van der Waals surface area contributed by atoms with Crippen LogP contribution in [0.25, 0.3) is 21.3 Å². The molecule has 0 fully saturated rings. The minimum atomic E-state index is -0.0931. The second kappa shape index (κ2) is 4.02. The van der Waals surface area contributed by atoms with E-state index in [1.165, 1.54) is 11.3 Å². The molecule has 0 aliphatic rings. The third kappa shape index (κ3) is 1.88. The van der Waals surface area contributed by atoms with Crippen molar-refractivity contribution in [2.45, 2.75) is 0 Å². The van der Waals surface area contributed by atoms with Crippen molar-refractivity contribution in [1.29, 1.82) is 0 Å². The number of aromatic amines is 1. The van der Waals surface area contributed by atoms with Crippen molar-refractivity contribution in [2.75, 3.05) is 0 Å². The van der Waals surface area contributed by atoms with E-state index in [0.29, 0.717) is 9.72 Å². The lowest BCUT2D eigenvalue weighted by Gasteiger charge is -2.00. The Bertz CT molecular complexity index is 730. The number of aromatic nitrogens is 1. The van der Waals surface area contributed by atoms with Gasteiger partial charge in [-0.1, -0.05) is 41.9 Å². The largest absolute Gasteiger partial charge is 0.321 e. The Labute approximate surface area is 106 Å². The number of benzene rings is 1. The van der Waals surface area contributed by atoms with Crippen molar-refractivity contribution in [2.24, 2.45) is 0 Å². The molecule has 0 atom stereocenters. The van der Waals surface area contributed by atoms with Gasteiger partial charge in [0.1, 0.15) is 0 Å². The zero-order chi connectivity index (χ0) is 11.8. The summed E-state index contributed by atoms with van der Waals surface area (Å²) < 4.78 is 1.55. The van der Waals surface area contributed by atoms with Crippen molar-refractivity contribution >= 4 is 33.0 Å². The molecule has 0 saturated carbocycles. The molecule has 0 aliphatic carbocycles. The highest BCUT2D eigenvalue weighted by molar-refractivity contribution is 7.22. The van der Waals surface area contributed by atoms with Gasteiger partial charge in [0, 0.05) is 10.4 Å². The maximum atomic E-state index is 11.9. The first kappa shape index (κ1) is 10.6. The van der Waals surface area contributed by atoms with E-state index in [1.54, 1.807) is 6.07 Å². The molecule has 0 bridgehead atoms. The SMILES string of the molecule is O=c1[nH]c(-c2ccccc2)cc2sc(Cl)cc12. The zero-order valence-corrected chi connectivity index (χ0v) is 10.3. The van der Waals surface area contributed by atoms with Crippen LogP contribution in [0.1, 0.15) is 0 Å². The lowest BCUT2D eigenvalue weighted by molar-refractivity contribution is 1.28. The molecule has 3 rings (SSSR count). The van der Waals surface area contributed by atoms with Gasteiger partial charge in [-0.25, -0.2) is 0 Å². The summed E-state index contributed by atoms with van der Waals surface area (Å²) in [5.74, 6) is 0. The van der Waals surface area contributed by atoms with E-state index in [4.69, 9.17) is 11.6 Å². The van der Waals surface area contributed by atoms with Gasteiger partial charge in [0.25, 0.3) is 5.56 Å². The molecule has 17 heavy (non-hydrogen) atoms. The van der Waals surface area contributed by atoms with E-state index in [-0.39, 0.29) is 5.56 Å². The molecule has 0 radical (unpaired) electrons. The highest BCUT2D eigenvalue weighted by Crippen LogP contribution is 2.29. The lowest BCUT2D eigenvalue weighted by atomic mass is 10.1. The number of hydrogen-bond donors (Lipinski definition) is 1. The Hall–Kier alpha value is -1.58. The first-order chi connectivity index (χ1) is 8.24. The fraction of sp³-hybridized carbons (Fsp3) is 0. The second-order valence-electron chi connectivity index (χ2n) is 3.71. The third-order valence-corrected chi connectivity index (χ3v) is 3.79. The van der Waals surface area contributed by atoms with Crippen LogP contribution in [0.4, 0.5) is 0 Å². The molecule has 0 unspecified atom stereocenters. The summed E-state index contributed by atoms with van der Waals surface area (Å²) in [6.07, 6.45) is 0. The summed E-state index contributed by atoms with van der Waals surface area (Å²) in [6.45, 7) is 0. The van der Waals surface area contributed by atoms with Gasteiger partial charge >= 0.3 is 0 Å². The Kier molecular flexibility index (Phi) is 2.50. The molecule has 2 heterocycles.